The van der Waals surface area contributed by atoms with Gasteiger partial charge in [-0.1, -0.05) is 0 Å². The number of sulfonamides is 1. The molecule has 2 N–H and O–H groups in total. The van der Waals surface area contributed by atoms with Crippen molar-refractivity contribution in [2.75, 3.05) is 19.4 Å². The zero-order valence-corrected chi connectivity index (χ0v) is 9.00. The van der Waals surface area contributed by atoms with Gasteiger partial charge in [0.2, 0.25) is 10.0 Å². The molecule has 0 saturated carbocycles. The number of aliphatic hydroxyl groups excluding tert-OH is 1. The number of methoxy groups -OCH3 is 1. The zero-order chi connectivity index (χ0) is 11.2. The van der Waals surface area contributed by atoms with Crippen LogP contribution in [0.2, 0.25) is 0 Å². The highest BCUT2D eigenvalue weighted by Crippen LogP contribution is 1.92. The second-order valence-corrected chi connectivity index (χ2v) is 4.77. The molecule has 0 aliphatic rings. The van der Waals surface area contributed by atoms with Gasteiger partial charge in [0.25, 0.3) is 0 Å². The van der Waals surface area contributed by atoms with E-state index in [1.807, 2.05) is 0 Å². The maximum Gasteiger partial charge on any atom is 0.306 e. The van der Waals surface area contributed by atoms with E-state index < -0.39 is 22.1 Å². The van der Waals surface area contributed by atoms with Gasteiger partial charge in [0.1, 0.15) is 0 Å². The minimum atomic E-state index is -3.49. The maximum absolute atomic E-state index is 11.1. The van der Waals surface area contributed by atoms with Gasteiger partial charge >= 0.3 is 5.97 Å². The van der Waals surface area contributed by atoms with Gasteiger partial charge in [-0.25, -0.2) is 13.1 Å². The zero-order valence-electron chi connectivity index (χ0n) is 8.19. The Morgan fingerprint density at radius 1 is 1.57 bits per heavy atom. The van der Waals surface area contributed by atoms with Crippen LogP contribution in [0.1, 0.15) is 13.3 Å². The number of nitrogens with one attached hydrogen (secondary N) is 1. The number of aliphatic hydroxyl groups is 1. The molecule has 84 valence electrons. The van der Waals surface area contributed by atoms with Crippen LogP contribution in [0, 0.1) is 0 Å². The molecular formula is C7H15NO5S. The third kappa shape index (κ3) is 6.81. The lowest BCUT2D eigenvalue weighted by atomic mass is 10.4. The molecule has 6 nitrogen and oxygen atoms in total. The molecule has 0 aromatic rings. The lowest BCUT2D eigenvalue weighted by Gasteiger charge is -2.07. The summed E-state index contributed by atoms with van der Waals surface area (Å²) < 4.78 is 28.7. The lowest BCUT2D eigenvalue weighted by Crippen LogP contribution is -2.33. The number of carbonyl (C=O) groups excluding carboxylic acids is 1. The fourth-order valence-electron chi connectivity index (χ4n) is 0.639. The topological polar surface area (TPSA) is 92.7 Å². The average Bonchev–Trinajstić information content (AvgIpc) is 2.11. The molecule has 0 radical (unpaired) electrons. The van der Waals surface area contributed by atoms with Crippen molar-refractivity contribution >= 4 is 16.0 Å². The van der Waals surface area contributed by atoms with E-state index in [0.717, 1.165) is 0 Å². The Morgan fingerprint density at radius 2 is 2.14 bits per heavy atom. The van der Waals surface area contributed by atoms with Crippen LogP contribution in [0.15, 0.2) is 0 Å². The molecule has 0 fully saturated rings. The van der Waals surface area contributed by atoms with Crippen molar-refractivity contribution in [3.8, 4) is 0 Å². The maximum atomic E-state index is 11.1. The molecule has 0 heterocycles. The molecule has 14 heavy (non-hydrogen) atoms. The molecule has 1 atom stereocenters. The summed E-state index contributed by atoms with van der Waals surface area (Å²) >= 11 is 0. The number of carbonyl (C=O) groups is 1. The number of rotatable bonds is 6. The smallest absolute Gasteiger partial charge is 0.306 e. The van der Waals surface area contributed by atoms with Crippen LogP contribution in [0.3, 0.4) is 0 Å². The monoisotopic (exact) mass is 225 g/mol. The van der Waals surface area contributed by atoms with E-state index in [0.29, 0.717) is 0 Å². The third-order valence-corrected chi connectivity index (χ3v) is 2.75. The molecule has 7 heteroatoms. The predicted molar refractivity (Wildman–Crippen MR) is 50.1 cm³/mol. The van der Waals surface area contributed by atoms with E-state index in [9.17, 15) is 13.2 Å². The number of esters is 1. The molecule has 0 saturated heterocycles. The van der Waals surface area contributed by atoms with Gasteiger partial charge in [-0.2, -0.15) is 0 Å². The van der Waals surface area contributed by atoms with Gasteiger partial charge in [-0.05, 0) is 6.92 Å². The van der Waals surface area contributed by atoms with Gasteiger partial charge in [0.05, 0.1) is 25.4 Å². The van der Waals surface area contributed by atoms with Gasteiger partial charge in [-0.3, -0.25) is 4.79 Å². The van der Waals surface area contributed by atoms with Crippen molar-refractivity contribution in [2.24, 2.45) is 0 Å². The van der Waals surface area contributed by atoms with Crippen molar-refractivity contribution in [3.05, 3.63) is 0 Å². The van der Waals surface area contributed by atoms with Crippen LogP contribution in [0.4, 0.5) is 0 Å². The molecule has 0 rings (SSSR count). The van der Waals surface area contributed by atoms with Gasteiger partial charge in [0.15, 0.2) is 0 Å². The molecule has 0 spiro atoms. The highest BCUT2D eigenvalue weighted by molar-refractivity contribution is 7.89. The predicted octanol–water partition coefficient (Wildman–Crippen LogP) is -1.15. The van der Waals surface area contributed by atoms with Crippen LogP contribution in [0.5, 0.6) is 0 Å². The molecule has 0 unspecified atom stereocenters. The summed E-state index contributed by atoms with van der Waals surface area (Å²) in [6, 6.07) is 0. The largest absolute Gasteiger partial charge is 0.469 e. The van der Waals surface area contributed by atoms with Crippen LogP contribution in [-0.4, -0.2) is 45.0 Å². The van der Waals surface area contributed by atoms with Crippen LogP contribution >= 0.6 is 0 Å². The number of hydrogen-bond acceptors (Lipinski definition) is 5. The summed E-state index contributed by atoms with van der Waals surface area (Å²) in [5.74, 6) is -0.903. The fraction of sp³-hybridized carbons (Fsp3) is 0.857. The molecule has 0 aliphatic heterocycles. The quantitative estimate of drug-likeness (QED) is 0.557. The van der Waals surface area contributed by atoms with Crippen molar-refractivity contribution < 1.29 is 23.1 Å². The Bertz CT molecular complexity index is 272. The summed E-state index contributed by atoms with van der Waals surface area (Å²) in [4.78, 5) is 10.6. The molecule has 0 amide bonds. The van der Waals surface area contributed by atoms with Crippen molar-refractivity contribution in [1.29, 1.82) is 0 Å². The number of ether oxygens (including phenoxy) is 1. The first-order valence-electron chi connectivity index (χ1n) is 4.09. The Morgan fingerprint density at radius 3 is 2.57 bits per heavy atom. The van der Waals surface area contributed by atoms with Gasteiger partial charge in [-0.15, -0.1) is 0 Å². The van der Waals surface area contributed by atoms with Gasteiger partial charge < -0.3 is 9.84 Å². The summed E-state index contributed by atoms with van der Waals surface area (Å²) in [6.07, 6.45) is -0.936. The summed E-state index contributed by atoms with van der Waals surface area (Å²) in [7, 11) is -2.30. The fourth-order valence-corrected chi connectivity index (χ4v) is 1.71. The SMILES string of the molecule is COC(=O)CCS(=O)(=O)NC[C@H](C)O. The Balaban J connectivity index is 3.90. The minimum Gasteiger partial charge on any atom is -0.469 e. The minimum absolute atomic E-state index is 0.0521. The first kappa shape index (κ1) is 13.3. The second-order valence-electron chi connectivity index (χ2n) is 2.84. The van der Waals surface area contributed by atoms with Crippen molar-refractivity contribution in [2.45, 2.75) is 19.4 Å². The van der Waals surface area contributed by atoms with E-state index in [1.54, 1.807) is 0 Å². The van der Waals surface area contributed by atoms with Gasteiger partial charge in [0, 0.05) is 6.54 Å². The Kier molecular flexibility index (Phi) is 5.66. The van der Waals surface area contributed by atoms with Crippen molar-refractivity contribution in [3.63, 3.8) is 0 Å². The second kappa shape index (κ2) is 5.94. The average molecular weight is 225 g/mol. The molecule has 0 aliphatic carbocycles. The van der Waals surface area contributed by atoms with Crippen LogP contribution in [0.25, 0.3) is 0 Å². The molecule has 0 aromatic carbocycles. The highest BCUT2D eigenvalue weighted by atomic mass is 32.2. The molecule has 0 aromatic heterocycles. The lowest BCUT2D eigenvalue weighted by molar-refractivity contribution is -0.140. The summed E-state index contributed by atoms with van der Waals surface area (Å²) in [5, 5.41) is 8.82. The standard InChI is InChI=1S/C7H15NO5S/c1-6(9)5-8-14(11,12)4-3-7(10)13-2/h6,8-9H,3-5H2,1-2H3/t6-/m0/s1. The molecule has 0 bridgehead atoms. The van der Waals surface area contributed by atoms with E-state index in [1.165, 1.54) is 14.0 Å². The van der Waals surface area contributed by atoms with E-state index in [4.69, 9.17) is 5.11 Å². The van der Waals surface area contributed by atoms with Crippen molar-refractivity contribution in [1.82, 2.24) is 4.72 Å². The third-order valence-electron chi connectivity index (χ3n) is 1.40. The van der Waals surface area contributed by atoms with E-state index in [-0.39, 0.29) is 18.7 Å². The van der Waals surface area contributed by atoms with E-state index >= 15 is 0 Å². The summed E-state index contributed by atoms with van der Waals surface area (Å²) in [6.45, 7) is 1.41. The van der Waals surface area contributed by atoms with Crippen LogP contribution in [-0.2, 0) is 19.6 Å². The van der Waals surface area contributed by atoms with E-state index in [2.05, 4.69) is 9.46 Å². The number of hydrogen-bond donors (Lipinski definition) is 2. The Hall–Kier alpha value is -0.660. The first-order chi connectivity index (χ1) is 6.37. The Labute approximate surface area is 83.3 Å². The highest BCUT2D eigenvalue weighted by Gasteiger charge is 2.13. The summed E-state index contributed by atoms with van der Waals surface area (Å²) in [5.41, 5.74) is 0. The van der Waals surface area contributed by atoms with Crippen LogP contribution < -0.4 is 4.72 Å². The normalized spacial score (nSPS) is 13.6. The first-order valence-corrected chi connectivity index (χ1v) is 5.75. The molecular weight excluding hydrogens is 210 g/mol.